The van der Waals surface area contributed by atoms with E-state index in [4.69, 9.17) is 4.74 Å². The fourth-order valence-electron chi connectivity index (χ4n) is 4.42. The SMILES string of the molecule is CC(C)[C@H]1CN2C[C@@H](NC(=O)CCn3c(CO)nc4ccccc43)C[C@H]2CO1. The van der Waals surface area contributed by atoms with Crippen LogP contribution in [-0.2, 0) is 22.7 Å². The molecule has 0 spiro atoms. The Morgan fingerprint density at radius 2 is 2.18 bits per heavy atom. The molecular weight excluding hydrogens is 356 g/mol. The summed E-state index contributed by atoms with van der Waals surface area (Å²) in [7, 11) is 0. The Kier molecular flexibility index (Phi) is 5.66. The number of aliphatic hydroxyl groups excluding tert-OH is 1. The van der Waals surface area contributed by atoms with Crippen LogP contribution in [-0.4, -0.2) is 63.3 Å². The van der Waals surface area contributed by atoms with Crippen LogP contribution in [0.5, 0.6) is 0 Å². The normalized spacial score (nSPS) is 25.4. The number of nitrogens with one attached hydrogen (secondary N) is 1. The molecule has 3 heterocycles. The van der Waals surface area contributed by atoms with Gasteiger partial charge in [0.15, 0.2) is 0 Å². The molecule has 4 rings (SSSR count). The smallest absolute Gasteiger partial charge is 0.222 e. The van der Waals surface area contributed by atoms with Crippen LogP contribution in [0.15, 0.2) is 24.3 Å². The number of benzene rings is 1. The third-order valence-corrected chi connectivity index (χ3v) is 5.99. The van der Waals surface area contributed by atoms with Crippen LogP contribution >= 0.6 is 0 Å². The molecule has 1 amide bonds. The first kappa shape index (κ1) is 19.4. The Labute approximate surface area is 165 Å². The van der Waals surface area contributed by atoms with E-state index in [0.29, 0.717) is 30.7 Å². The topological polar surface area (TPSA) is 79.6 Å². The second kappa shape index (κ2) is 8.19. The molecule has 0 unspecified atom stereocenters. The molecule has 2 aliphatic rings. The molecule has 152 valence electrons. The minimum absolute atomic E-state index is 0.0489. The average molecular weight is 386 g/mol. The number of aryl methyl sites for hydroxylation is 1. The highest BCUT2D eigenvalue weighted by Gasteiger charge is 2.38. The van der Waals surface area contributed by atoms with Crippen LogP contribution in [0, 0.1) is 5.92 Å². The van der Waals surface area contributed by atoms with Gasteiger partial charge in [0, 0.05) is 38.1 Å². The van der Waals surface area contributed by atoms with Gasteiger partial charge in [-0.25, -0.2) is 4.98 Å². The van der Waals surface area contributed by atoms with Crippen LogP contribution in [0.1, 0.15) is 32.5 Å². The number of aliphatic hydroxyl groups is 1. The highest BCUT2D eigenvalue weighted by Crippen LogP contribution is 2.26. The van der Waals surface area contributed by atoms with Gasteiger partial charge in [0.2, 0.25) is 5.91 Å². The number of imidazole rings is 1. The summed E-state index contributed by atoms with van der Waals surface area (Å²) < 4.78 is 7.92. The maximum Gasteiger partial charge on any atom is 0.222 e. The minimum Gasteiger partial charge on any atom is -0.388 e. The second-order valence-corrected chi connectivity index (χ2v) is 8.30. The Bertz CT molecular complexity index is 834. The summed E-state index contributed by atoms with van der Waals surface area (Å²) in [6, 6.07) is 8.37. The number of aromatic nitrogens is 2. The van der Waals surface area contributed by atoms with E-state index in [2.05, 4.69) is 29.0 Å². The number of nitrogens with zero attached hydrogens (tertiary/aromatic N) is 3. The van der Waals surface area contributed by atoms with Crippen LogP contribution in [0.25, 0.3) is 11.0 Å². The average Bonchev–Trinajstić information content (AvgIpc) is 3.25. The standard InChI is InChI=1S/C21H30N4O3/c1-14(2)19-11-24-10-15(9-16(24)13-28-19)22-21(27)7-8-25-18-6-4-3-5-17(18)23-20(25)12-26/h3-6,14-16,19,26H,7-13H2,1-2H3,(H,22,27)/t15-,16-,19+/m0/s1. The zero-order valence-electron chi connectivity index (χ0n) is 16.7. The van der Waals surface area contributed by atoms with Crippen molar-refractivity contribution in [1.29, 1.82) is 0 Å². The van der Waals surface area contributed by atoms with Gasteiger partial charge in [-0.2, -0.15) is 0 Å². The molecule has 2 fully saturated rings. The molecule has 2 aromatic rings. The zero-order chi connectivity index (χ0) is 19.7. The lowest BCUT2D eigenvalue weighted by Gasteiger charge is -2.36. The van der Waals surface area contributed by atoms with Gasteiger partial charge in [0.05, 0.1) is 23.7 Å². The lowest BCUT2D eigenvalue weighted by Crippen LogP contribution is -2.48. The van der Waals surface area contributed by atoms with Crippen LogP contribution in [0.3, 0.4) is 0 Å². The number of para-hydroxylation sites is 2. The first-order chi connectivity index (χ1) is 13.5. The fourth-order valence-corrected chi connectivity index (χ4v) is 4.42. The third kappa shape index (κ3) is 3.92. The van der Waals surface area contributed by atoms with E-state index >= 15 is 0 Å². The molecule has 0 saturated carbocycles. The van der Waals surface area contributed by atoms with Gasteiger partial charge in [-0.1, -0.05) is 26.0 Å². The summed E-state index contributed by atoms with van der Waals surface area (Å²) in [5, 5.41) is 12.8. The van der Waals surface area contributed by atoms with Crippen molar-refractivity contribution in [2.24, 2.45) is 5.92 Å². The number of carbonyl (C=O) groups excluding carboxylic acids is 1. The van der Waals surface area contributed by atoms with Gasteiger partial charge in [0.1, 0.15) is 12.4 Å². The molecule has 0 radical (unpaired) electrons. The maximum absolute atomic E-state index is 12.6. The molecular formula is C21H30N4O3. The summed E-state index contributed by atoms with van der Waals surface area (Å²) in [6.45, 7) is 7.39. The number of amides is 1. The molecule has 7 nitrogen and oxygen atoms in total. The van der Waals surface area contributed by atoms with Gasteiger partial charge in [-0.05, 0) is 24.5 Å². The van der Waals surface area contributed by atoms with Crippen LogP contribution in [0.4, 0.5) is 0 Å². The highest BCUT2D eigenvalue weighted by molar-refractivity contribution is 5.78. The van der Waals surface area contributed by atoms with Gasteiger partial charge in [-0.3, -0.25) is 9.69 Å². The largest absolute Gasteiger partial charge is 0.388 e. The molecule has 2 saturated heterocycles. The summed E-state index contributed by atoms with van der Waals surface area (Å²) >= 11 is 0. The predicted molar refractivity (Wildman–Crippen MR) is 107 cm³/mol. The molecule has 0 bridgehead atoms. The summed E-state index contributed by atoms with van der Waals surface area (Å²) in [6.07, 6.45) is 1.61. The van der Waals surface area contributed by atoms with Gasteiger partial charge in [-0.15, -0.1) is 0 Å². The Morgan fingerprint density at radius 1 is 1.36 bits per heavy atom. The van der Waals surface area contributed by atoms with Crippen molar-refractivity contribution in [3.05, 3.63) is 30.1 Å². The van der Waals surface area contributed by atoms with Gasteiger partial charge in [0.25, 0.3) is 0 Å². The molecule has 7 heteroatoms. The lowest BCUT2D eigenvalue weighted by molar-refractivity contribution is -0.121. The molecule has 0 aliphatic carbocycles. The quantitative estimate of drug-likeness (QED) is 0.787. The number of morpholine rings is 1. The zero-order valence-corrected chi connectivity index (χ0v) is 16.7. The van der Waals surface area contributed by atoms with E-state index in [1.807, 2.05) is 28.8 Å². The second-order valence-electron chi connectivity index (χ2n) is 8.30. The Morgan fingerprint density at radius 3 is 2.96 bits per heavy atom. The van der Waals surface area contributed by atoms with Crippen molar-refractivity contribution in [2.45, 2.75) is 58.0 Å². The lowest BCUT2D eigenvalue weighted by atomic mass is 10.0. The fraction of sp³-hybridized carbons (Fsp3) is 0.619. The van der Waals surface area contributed by atoms with E-state index in [-0.39, 0.29) is 24.7 Å². The highest BCUT2D eigenvalue weighted by atomic mass is 16.5. The van der Waals surface area contributed by atoms with E-state index in [1.54, 1.807) is 0 Å². The number of rotatable bonds is 6. The molecule has 28 heavy (non-hydrogen) atoms. The van der Waals surface area contributed by atoms with Crippen molar-refractivity contribution < 1.29 is 14.6 Å². The minimum atomic E-state index is -0.132. The van der Waals surface area contributed by atoms with E-state index < -0.39 is 0 Å². The van der Waals surface area contributed by atoms with Crippen LogP contribution in [0.2, 0.25) is 0 Å². The number of hydrogen-bond acceptors (Lipinski definition) is 5. The van der Waals surface area contributed by atoms with Gasteiger partial charge < -0.3 is 19.7 Å². The summed E-state index contributed by atoms with van der Waals surface area (Å²) in [4.78, 5) is 19.5. The molecule has 3 atom stereocenters. The molecule has 1 aromatic carbocycles. The van der Waals surface area contributed by atoms with E-state index in [1.165, 1.54) is 0 Å². The third-order valence-electron chi connectivity index (χ3n) is 5.99. The number of fused-ring (bicyclic) bond motifs is 2. The van der Waals surface area contributed by atoms with Gasteiger partial charge >= 0.3 is 0 Å². The van der Waals surface area contributed by atoms with E-state index in [9.17, 15) is 9.90 Å². The monoisotopic (exact) mass is 386 g/mol. The first-order valence-electron chi connectivity index (χ1n) is 10.2. The Balaban J connectivity index is 1.32. The van der Waals surface area contributed by atoms with Crippen molar-refractivity contribution >= 4 is 16.9 Å². The van der Waals surface area contributed by atoms with E-state index in [0.717, 1.165) is 37.2 Å². The van der Waals surface area contributed by atoms with Crippen molar-refractivity contribution in [1.82, 2.24) is 19.8 Å². The summed E-state index contributed by atoms with van der Waals surface area (Å²) in [5.41, 5.74) is 1.80. The first-order valence-corrected chi connectivity index (χ1v) is 10.2. The molecule has 2 aliphatic heterocycles. The number of hydrogen-bond donors (Lipinski definition) is 2. The molecule has 2 N–H and O–H groups in total. The van der Waals surface area contributed by atoms with Crippen LogP contribution < -0.4 is 5.32 Å². The number of ether oxygens (including phenoxy) is 1. The molecule has 1 aromatic heterocycles. The van der Waals surface area contributed by atoms with Crippen molar-refractivity contribution in [3.63, 3.8) is 0 Å². The number of carbonyl (C=O) groups is 1. The summed E-state index contributed by atoms with van der Waals surface area (Å²) in [5.74, 6) is 1.16. The van der Waals surface area contributed by atoms with Crippen molar-refractivity contribution in [3.8, 4) is 0 Å². The Hall–Kier alpha value is -1.96. The predicted octanol–water partition coefficient (Wildman–Crippen LogP) is 1.53. The van der Waals surface area contributed by atoms with Crippen molar-refractivity contribution in [2.75, 3.05) is 19.7 Å². The maximum atomic E-state index is 12.6.